The van der Waals surface area contributed by atoms with Gasteiger partial charge >= 0.3 is 0 Å². The summed E-state index contributed by atoms with van der Waals surface area (Å²) in [6.07, 6.45) is 7.59. The van der Waals surface area contributed by atoms with E-state index in [9.17, 15) is 4.79 Å². The molecule has 1 aliphatic rings. The summed E-state index contributed by atoms with van der Waals surface area (Å²) in [5.41, 5.74) is 6.22. The molecule has 188 valence electrons. The van der Waals surface area contributed by atoms with Crippen LogP contribution in [-0.4, -0.2) is 45.4 Å². The lowest BCUT2D eigenvalue weighted by atomic mass is 9.97. The highest BCUT2D eigenvalue weighted by Gasteiger charge is 2.23. The Morgan fingerprint density at radius 1 is 1.08 bits per heavy atom. The van der Waals surface area contributed by atoms with Crippen LogP contribution in [0.25, 0.3) is 11.3 Å². The number of hydrogen-bond acceptors (Lipinski definition) is 6. The minimum Gasteiger partial charge on any atom is -0.324 e. The minimum atomic E-state index is -0.129. The van der Waals surface area contributed by atoms with E-state index in [1.165, 1.54) is 18.4 Å². The molecule has 1 aliphatic heterocycles. The standard InChI is InChI=1S/C30H32N6O/c1-3-16-36-17-13-25(20-36)22-7-9-23(10-8-22)29(37)33-26-11-6-21(2)28(18-26)35-30-32-15-12-27(34-30)24-5-4-14-31-19-24/h4-12,14-15,18-19,25H,3,13,16-17,20H2,1-2H3,(H,33,37)(H,32,34,35). The fourth-order valence-corrected chi connectivity index (χ4v) is 4.78. The monoisotopic (exact) mass is 492 g/mol. The first kappa shape index (κ1) is 24.6. The molecule has 2 N–H and O–H groups in total. The van der Waals surface area contributed by atoms with Crippen LogP contribution in [-0.2, 0) is 0 Å². The smallest absolute Gasteiger partial charge is 0.255 e. The van der Waals surface area contributed by atoms with E-state index in [4.69, 9.17) is 0 Å². The first-order valence-corrected chi connectivity index (χ1v) is 12.8. The molecular formula is C30H32N6O. The van der Waals surface area contributed by atoms with Gasteiger partial charge in [-0.05, 0) is 92.4 Å². The molecule has 0 radical (unpaired) electrons. The third kappa shape index (κ3) is 6.01. The number of benzene rings is 2. The van der Waals surface area contributed by atoms with Gasteiger partial charge in [-0.15, -0.1) is 0 Å². The van der Waals surface area contributed by atoms with Crippen LogP contribution in [0.1, 0.15) is 47.2 Å². The normalized spacial score (nSPS) is 15.5. The molecule has 2 aromatic carbocycles. The topological polar surface area (TPSA) is 83.0 Å². The van der Waals surface area contributed by atoms with E-state index in [0.717, 1.165) is 42.1 Å². The van der Waals surface area contributed by atoms with E-state index in [-0.39, 0.29) is 5.91 Å². The van der Waals surface area contributed by atoms with Crippen molar-refractivity contribution in [2.75, 3.05) is 30.3 Å². The molecule has 2 aromatic heterocycles. The fourth-order valence-electron chi connectivity index (χ4n) is 4.78. The summed E-state index contributed by atoms with van der Waals surface area (Å²) in [7, 11) is 0. The number of aryl methyl sites for hydroxylation is 1. The Morgan fingerprint density at radius 3 is 2.73 bits per heavy atom. The lowest BCUT2D eigenvalue weighted by molar-refractivity contribution is 0.102. The third-order valence-corrected chi connectivity index (χ3v) is 6.81. The average molecular weight is 493 g/mol. The maximum absolute atomic E-state index is 13.0. The predicted octanol–water partition coefficient (Wildman–Crippen LogP) is 6.04. The average Bonchev–Trinajstić information content (AvgIpc) is 3.40. The van der Waals surface area contributed by atoms with Crippen molar-refractivity contribution < 1.29 is 4.79 Å². The van der Waals surface area contributed by atoms with Crippen molar-refractivity contribution in [2.24, 2.45) is 0 Å². The number of likely N-dealkylation sites (tertiary alicyclic amines) is 1. The first-order chi connectivity index (χ1) is 18.1. The number of hydrogen-bond donors (Lipinski definition) is 2. The minimum absolute atomic E-state index is 0.129. The van der Waals surface area contributed by atoms with Gasteiger partial charge in [0.2, 0.25) is 5.95 Å². The molecule has 1 atom stereocenters. The molecule has 1 amide bonds. The summed E-state index contributed by atoms with van der Waals surface area (Å²) in [4.78, 5) is 28.6. The molecular weight excluding hydrogens is 460 g/mol. The van der Waals surface area contributed by atoms with E-state index in [0.29, 0.717) is 23.1 Å². The second-order valence-corrected chi connectivity index (χ2v) is 9.52. The van der Waals surface area contributed by atoms with E-state index < -0.39 is 0 Å². The first-order valence-electron chi connectivity index (χ1n) is 12.8. The molecule has 5 rings (SSSR count). The van der Waals surface area contributed by atoms with Gasteiger partial charge in [-0.3, -0.25) is 9.78 Å². The number of anilines is 3. The van der Waals surface area contributed by atoms with Crippen molar-refractivity contribution in [3.63, 3.8) is 0 Å². The van der Waals surface area contributed by atoms with Gasteiger partial charge in [0, 0.05) is 47.6 Å². The number of aromatic nitrogens is 3. The Kier molecular flexibility index (Phi) is 7.51. The largest absolute Gasteiger partial charge is 0.324 e. The molecule has 1 saturated heterocycles. The highest BCUT2D eigenvalue weighted by atomic mass is 16.1. The summed E-state index contributed by atoms with van der Waals surface area (Å²) in [5.74, 6) is 0.899. The number of nitrogens with one attached hydrogen (secondary N) is 2. The maximum Gasteiger partial charge on any atom is 0.255 e. The van der Waals surface area contributed by atoms with Crippen molar-refractivity contribution in [2.45, 2.75) is 32.6 Å². The highest BCUT2D eigenvalue weighted by molar-refractivity contribution is 6.04. The molecule has 7 heteroatoms. The summed E-state index contributed by atoms with van der Waals surface area (Å²) < 4.78 is 0. The molecule has 3 heterocycles. The van der Waals surface area contributed by atoms with Crippen LogP contribution in [0.15, 0.2) is 79.3 Å². The third-order valence-electron chi connectivity index (χ3n) is 6.81. The SMILES string of the molecule is CCCN1CCC(c2ccc(C(=O)Nc3ccc(C)c(Nc4nccc(-c5cccnc5)n4)c3)cc2)C1. The molecule has 4 aromatic rings. The maximum atomic E-state index is 13.0. The van der Waals surface area contributed by atoms with Crippen LogP contribution in [0.2, 0.25) is 0 Å². The number of pyridine rings is 1. The Balaban J connectivity index is 1.25. The molecule has 1 fully saturated rings. The lowest BCUT2D eigenvalue weighted by Gasteiger charge is -2.15. The highest BCUT2D eigenvalue weighted by Crippen LogP contribution is 2.28. The molecule has 7 nitrogen and oxygen atoms in total. The van der Waals surface area contributed by atoms with Crippen LogP contribution >= 0.6 is 0 Å². The molecule has 0 saturated carbocycles. The molecule has 1 unspecified atom stereocenters. The Labute approximate surface area is 218 Å². The van der Waals surface area contributed by atoms with Gasteiger partial charge in [-0.1, -0.05) is 25.1 Å². The predicted molar refractivity (Wildman–Crippen MR) is 148 cm³/mol. The van der Waals surface area contributed by atoms with Crippen LogP contribution in [0.5, 0.6) is 0 Å². The molecule has 0 aliphatic carbocycles. The van der Waals surface area contributed by atoms with E-state index in [2.05, 4.69) is 49.5 Å². The van der Waals surface area contributed by atoms with Crippen LogP contribution in [0, 0.1) is 6.92 Å². The molecule has 0 bridgehead atoms. The summed E-state index contributed by atoms with van der Waals surface area (Å²) in [6, 6.07) is 19.5. The number of rotatable bonds is 8. The zero-order valence-corrected chi connectivity index (χ0v) is 21.3. The van der Waals surface area contributed by atoms with Gasteiger partial charge in [0.15, 0.2) is 0 Å². The van der Waals surface area contributed by atoms with Gasteiger partial charge in [-0.25, -0.2) is 9.97 Å². The lowest BCUT2D eigenvalue weighted by Crippen LogP contribution is -2.20. The van der Waals surface area contributed by atoms with E-state index >= 15 is 0 Å². The van der Waals surface area contributed by atoms with Crippen LogP contribution in [0.3, 0.4) is 0 Å². The van der Waals surface area contributed by atoms with Crippen LogP contribution < -0.4 is 10.6 Å². The van der Waals surface area contributed by atoms with Gasteiger partial charge in [0.1, 0.15) is 0 Å². The summed E-state index contributed by atoms with van der Waals surface area (Å²) in [5, 5.41) is 6.31. The van der Waals surface area contributed by atoms with Gasteiger partial charge in [-0.2, -0.15) is 0 Å². The van der Waals surface area contributed by atoms with Crippen molar-refractivity contribution in [3.05, 3.63) is 95.9 Å². The second-order valence-electron chi connectivity index (χ2n) is 9.52. The van der Waals surface area contributed by atoms with Gasteiger partial charge in [0.25, 0.3) is 5.91 Å². The van der Waals surface area contributed by atoms with Crippen molar-refractivity contribution >= 4 is 23.2 Å². The van der Waals surface area contributed by atoms with Gasteiger partial charge in [0.05, 0.1) is 5.69 Å². The number of amides is 1. The number of carbonyl (C=O) groups is 1. The van der Waals surface area contributed by atoms with Gasteiger partial charge < -0.3 is 15.5 Å². The second kappa shape index (κ2) is 11.3. The zero-order chi connectivity index (χ0) is 25.6. The van der Waals surface area contributed by atoms with E-state index in [1.807, 2.05) is 55.5 Å². The quantitative estimate of drug-likeness (QED) is 0.312. The number of carbonyl (C=O) groups excluding carboxylic acids is 1. The molecule has 0 spiro atoms. The Morgan fingerprint density at radius 2 is 1.95 bits per heavy atom. The molecule has 37 heavy (non-hydrogen) atoms. The number of nitrogens with zero attached hydrogens (tertiary/aromatic N) is 4. The summed E-state index contributed by atoms with van der Waals surface area (Å²) >= 11 is 0. The van der Waals surface area contributed by atoms with Crippen molar-refractivity contribution in [3.8, 4) is 11.3 Å². The van der Waals surface area contributed by atoms with E-state index in [1.54, 1.807) is 18.6 Å². The summed E-state index contributed by atoms with van der Waals surface area (Å²) in [6.45, 7) is 7.65. The Bertz CT molecular complexity index is 1360. The zero-order valence-electron chi connectivity index (χ0n) is 21.3. The van der Waals surface area contributed by atoms with Crippen molar-refractivity contribution in [1.29, 1.82) is 0 Å². The van der Waals surface area contributed by atoms with Crippen LogP contribution in [0.4, 0.5) is 17.3 Å². The van der Waals surface area contributed by atoms with Crippen molar-refractivity contribution in [1.82, 2.24) is 19.9 Å². The fraction of sp³-hybridized carbons (Fsp3) is 0.267. The Hall–Kier alpha value is -4.10.